The molecule has 1 aliphatic heterocycles. The van der Waals surface area contributed by atoms with Crippen LogP contribution in [0.15, 0.2) is 41.3 Å². The lowest BCUT2D eigenvalue weighted by Crippen LogP contribution is -2.51. The van der Waals surface area contributed by atoms with Gasteiger partial charge < -0.3 is 14.0 Å². The van der Waals surface area contributed by atoms with E-state index in [1.54, 1.807) is 43.0 Å². The minimum absolute atomic E-state index is 0.0455. The Hall–Kier alpha value is -1.11. The molecule has 0 N–H and O–H groups in total. The van der Waals surface area contributed by atoms with E-state index in [1.807, 2.05) is 0 Å². The summed E-state index contributed by atoms with van der Waals surface area (Å²) in [6, 6.07) is 9.31. The molecule has 1 saturated heterocycles. The number of piperazine rings is 1. The summed E-state index contributed by atoms with van der Waals surface area (Å²) in [6.45, 7) is 3.79. The molecule has 0 aliphatic carbocycles. The third-order valence-corrected chi connectivity index (χ3v) is 10.6. The number of sulfonamides is 2. The van der Waals surface area contributed by atoms with Gasteiger partial charge in [0.1, 0.15) is 15.6 Å². The summed E-state index contributed by atoms with van der Waals surface area (Å²) in [5.41, 5.74) is 0.549. The van der Waals surface area contributed by atoms with Gasteiger partial charge in [0, 0.05) is 25.7 Å². The maximum absolute atomic E-state index is 15.3. The minimum Gasteiger partial charge on any atom is -0.597 e. The first-order valence-corrected chi connectivity index (χ1v) is 14.0. The summed E-state index contributed by atoms with van der Waals surface area (Å²) in [6.07, 6.45) is 0. The van der Waals surface area contributed by atoms with Gasteiger partial charge in [-0.1, -0.05) is 49.8 Å². The quantitative estimate of drug-likeness (QED) is 0.492. The van der Waals surface area contributed by atoms with Crippen molar-refractivity contribution in [1.29, 1.82) is 0 Å². The lowest BCUT2D eigenvalue weighted by molar-refractivity contribution is 0.337. The highest BCUT2D eigenvalue weighted by molar-refractivity contribution is 7.96. The fourth-order valence-electron chi connectivity index (χ4n) is 3.65. The number of hydrogen-bond donors (Lipinski definition) is 0. The predicted octanol–water partition coefficient (Wildman–Crippen LogP) is 4.24. The first-order valence-electron chi connectivity index (χ1n) is 10.3. The molecule has 182 valence electrons. The first-order chi connectivity index (χ1) is 15.4. The molecule has 33 heavy (non-hydrogen) atoms. The monoisotopic (exact) mass is 537 g/mol. The van der Waals surface area contributed by atoms with Crippen LogP contribution in [-0.2, 0) is 35.8 Å². The van der Waals surface area contributed by atoms with E-state index in [1.165, 1.54) is 23.5 Å². The molecule has 12 heteroatoms. The van der Waals surface area contributed by atoms with E-state index in [0.717, 1.165) is 4.31 Å². The molecule has 2 unspecified atom stereocenters. The number of nitrogens with zero attached hydrogens (tertiary/aromatic N) is 3. The molecule has 0 amide bonds. The van der Waals surface area contributed by atoms with Crippen LogP contribution in [-0.4, -0.2) is 56.2 Å². The summed E-state index contributed by atoms with van der Waals surface area (Å²) < 4.78 is 68.5. The standard InChI is InChI=1S/C21H26Cl2FN3O4S2/c1-15(2)32(28,29)25(3)14-16-6-4-9-19(20(16)24)26-10-12-27(13-11-26)33(30,31)21-17(22)7-5-8-18(21)23/h4-9,15H,10-14H2,1-3H3. The Balaban J connectivity index is 1.76. The van der Waals surface area contributed by atoms with E-state index in [0.29, 0.717) is 5.69 Å². The highest BCUT2D eigenvalue weighted by atomic mass is 35.5. The summed E-state index contributed by atoms with van der Waals surface area (Å²) in [4.78, 5) is 1.61. The minimum atomic E-state index is -3.91. The Morgan fingerprint density at radius 3 is 2.12 bits per heavy atom. The zero-order chi connectivity index (χ0) is 24.6. The zero-order valence-corrected chi connectivity index (χ0v) is 21.6. The van der Waals surface area contributed by atoms with Gasteiger partial charge in [-0.3, -0.25) is 0 Å². The van der Waals surface area contributed by atoms with Gasteiger partial charge in [0.15, 0.2) is 16.2 Å². The van der Waals surface area contributed by atoms with Gasteiger partial charge in [0.05, 0.1) is 35.4 Å². The molecule has 2 atom stereocenters. The van der Waals surface area contributed by atoms with Gasteiger partial charge in [-0.05, 0) is 32.0 Å². The molecule has 0 spiro atoms. The van der Waals surface area contributed by atoms with Crippen LogP contribution in [0.4, 0.5) is 10.1 Å². The molecular weight excluding hydrogens is 512 g/mol. The number of halogens is 3. The zero-order valence-electron chi connectivity index (χ0n) is 18.5. The van der Waals surface area contributed by atoms with Gasteiger partial charge in [0.2, 0.25) is 4.90 Å². The Bertz CT molecular complexity index is 1090. The lowest BCUT2D eigenvalue weighted by Gasteiger charge is -2.37. The van der Waals surface area contributed by atoms with Crippen molar-refractivity contribution >= 4 is 49.7 Å². The molecule has 2 aromatic rings. The second-order valence-electron chi connectivity index (χ2n) is 8.04. The Morgan fingerprint density at radius 1 is 1.03 bits per heavy atom. The number of hydrogen-bond acceptors (Lipinski definition) is 5. The molecule has 0 radical (unpaired) electrons. The second kappa shape index (κ2) is 10.2. The molecule has 0 aromatic heterocycles. The molecular formula is C21H26Cl2FN3O4S2. The maximum atomic E-state index is 15.3. The maximum Gasteiger partial charge on any atom is 0.212 e. The third kappa shape index (κ3) is 5.43. The molecule has 2 aromatic carbocycles. The van der Waals surface area contributed by atoms with Crippen molar-refractivity contribution in [1.82, 2.24) is 8.61 Å². The highest BCUT2D eigenvalue weighted by Gasteiger charge is 2.37. The van der Waals surface area contributed by atoms with Crippen LogP contribution < -0.4 is 4.90 Å². The van der Waals surface area contributed by atoms with Crippen LogP contribution in [0.1, 0.15) is 19.4 Å². The smallest absolute Gasteiger partial charge is 0.212 e. The average Bonchev–Trinajstić information content (AvgIpc) is 2.75. The summed E-state index contributed by atoms with van der Waals surface area (Å²) in [5.74, 6) is -0.520. The number of rotatable bonds is 7. The molecule has 0 bridgehead atoms. The largest absolute Gasteiger partial charge is 0.597 e. The van der Waals surface area contributed by atoms with Crippen molar-refractivity contribution < 1.29 is 21.9 Å². The van der Waals surface area contributed by atoms with E-state index in [2.05, 4.69) is 0 Å². The number of anilines is 1. The Labute approximate surface area is 206 Å². The van der Waals surface area contributed by atoms with Crippen molar-refractivity contribution in [2.45, 2.75) is 30.5 Å². The molecule has 1 aliphatic rings. The van der Waals surface area contributed by atoms with Crippen LogP contribution >= 0.6 is 23.2 Å². The molecule has 7 nitrogen and oxygen atoms in total. The van der Waals surface area contributed by atoms with Gasteiger partial charge in [0.25, 0.3) is 0 Å². The van der Waals surface area contributed by atoms with Crippen molar-refractivity contribution in [3.63, 3.8) is 0 Å². The van der Waals surface area contributed by atoms with Crippen LogP contribution in [0.25, 0.3) is 0 Å². The summed E-state index contributed by atoms with van der Waals surface area (Å²) in [7, 11) is -6.02. The second-order valence-corrected chi connectivity index (χ2v) is 13.3. The van der Waals surface area contributed by atoms with E-state index in [9.17, 15) is 17.5 Å². The SMILES string of the molecule is CC(C)[S+](=O)([O-])N(C)Cc1cccc(N2CCN([S+](=O)([O-])c3c(Cl)cccc3Cl)CC2)c1F. The van der Waals surface area contributed by atoms with Gasteiger partial charge in [-0.2, -0.15) is 0 Å². The lowest BCUT2D eigenvalue weighted by atomic mass is 10.1. The van der Waals surface area contributed by atoms with E-state index >= 15 is 4.39 Å². The van der Waals surface area contributed by atoms with Crippen LogP contribution in [0.5, 0.6) is 0 Å². The fourth-order valence-corrected chi connectivity index (χ4v) is 7.20. The van der Waals surface area contributed by atoms with Crippen LogP contribution in [0, 0.1) is 5.82 Å². The first kappa shape index (κ1) is 26.5. The van der Waals surface area contributed by atoms with Crippen LogP contribution in [0.3, 0.4) is 0 Å². The average molecular weight is 538 g/mol. The molecule has 0 saturated carbocycles. The number of benzene rings is 2. The van der Waals surface area contributed by atoms with Crippen molar-refractivity contribution in [2.75, 3.05) is 38.1 Å². The normalized spacial score (nSPS) is 19.0. The predicted molar refractivity (Wildman–Crippen MR) is 129 cm³/mol. The van der Waals surface area contributed by atoms with E-state index in [4.69, 9.17) is 23.2 Å². The van der Waals surface area contributed by atoms with E-state index < -0.39 is 31.9 Å². The Morgan fingerprint density at radius 2 is 1.58 bits per heavy atom. The molecule has 1 fully saturated rings. The fraction of sp³-hybridized carbons (Fsp3) is 0.429. The van der Waals surface area contributed by atoms with Crippen molar-refractivity contribution in [3.8, 4) is 0 Å². The van der Waals surface area contributed by atoms with Gasteiger partial charge >= 0.3 is 0 Å². The van der Waals surface area contributed by atoms with Gasteiger partial charge in [-0.25, -0.2) is 4.39 Å². The summed E-state index contributed by atoms with van der Waals surface area (Å²) >= 11 is 12.2. The third-order valence-electron chi connectivity index (χ3n) is 5.58. The van der Waals surface area contributed by atoms with Crippen molar-refractivity contribution in [2.24, 2.45) is 0 Å². The molecule has 1 heterocycles. The Kier molecular flexibility index (Phi) is 8.23. The summed E-state index contributed by atoms with van der Waals surface area (Å²) in [5, 5.41) is -0.524. The van der Waals surface area contributed by atoms with Gasteiger partial charge in [-0.15, -0.1) is 8.61 Å². The van der Waals surface area contributed by atoms with Crippen LogP contribution in [0.2, 0.25) is 10.0 Å². The highest BCUT2D eigenvalue weighted by Crippen LogP contribution is 2.35. The molecule has 3 rings (SSSR count). The van der Waals surface area contributed by atoms with E-state index in [-0.39, 0.29) is 53.2 Å². The van der Waals surface area contributed by atoms with Crippen molar-refractivity contribution in [3.05, 3.63) is 57.8 Å². The topological polar surface area (TPSA) is 90.0 Å².